The van der Waals surface area contributed by atoms with Crippen molar-refractivity contribution in [1.82, 2.24) is 0 Å². The average Bonchev–Trinajstić information content (AvgIpc) is 2.53. The Morgan fingerprint density at radius 2 is 1.71 bits per heavy atom. The summed E-state index contributed by atoms with van der Waals surface area (Å²) in [7, 11) is 0. The highest BCUT2D eigenvalue weighted by molar-refractivity contribution is 6.33. The summed E-state index contributed by atoms with van der Waals surface area (Å²) >= 11 is 6.26. The molecular formula is C17H18ClNO2. The highest BCUT2D eigenvalue weighted by Gasteiger charge is 2.14. The second-order valence-corrected chi connectivity index (χ2v) is 5.40. The summed E-state index contributed by atoms with van der Waals surface area (Å²) in [6.07, 6.45) is 2.10. The number of hydrogen-bond donors (Lipinski definition) is 1. The number of fused-ring (bicyclic) bond motifs is 1. The number of ether oxygens (including phenoxy) is 2. The number of hydrogen-bond acceptors (Lipinski definition) is 3. The first-order valence-corrected chi connectivity index (χ1v) is 7.58. The van der Waals surface area contributed by atoms with E-state index >= 15 is 0 Å². The molecule has 0 aromatic heterocycles. The van der Waals surface area contributed by atoms with E-state index in [0.717, 1.165) is 36.6 Å². The third kappa shape index (κ3) is 3.61. The van der Waals surface area contributed by atoms with E-state index in [0.29, 0.717) is 18.2 Å². The molecule has 0 saturated heterocycles. The molecule has 3 rings (SSSR count). The molecule has 0 saturated carbocycles. The van der Waals surface area contributed by atoms with Crippen LogP contribution in [0.1, 0.15) is 12.0 Å². The predicted octanol–water partition coefficient (Wildman–Crippen LogP) is 4.16. The van der Waals surface area contributed by atoms with Crippen LogP contribution in [0.3, 0.4) is 0 Å². The van der Waals surface area contributed by atoms with Gasteiger partial charge >= 0.3 is 0 Å². The summed E-state index contributed by atoms with van der Waals surface area (Å²) in [6.45, 7) is 2.03. The summed E-state index contributed by atoms with van der Waals surface area (Å²) in [6, 6.07) is 14.2. The van der Waals surface area contributed by atoms with Gasteiger partial charge in [0.25, 0.3) is 0 Å². The van der Waals surface area contributed by atoms with Gasteiger partial charge in [-0.15, -0.1) is 0 Å². The van der Waals surface area contributed by atoms with Gasteiger partial charge < -0.3 is 14.8 Å². The highest BCUT2D eigenvalue weighted by Crippen LogP contribution is 2.37. The van der Waals surface area contributed by atoms with Gasteiger partial charge in [-0.3, -0.25) is 0 Å². The van der Waals surface area contributed by atoms with Crippen molar-refractivity contribution in [2.24, 2.45) is 0 Å². The van der Waals surface area contributed by atoms with Crippen LogP contribution < -0.4 is 14.8 Å². The maximum absolute atomic E-state index is 6.26. The first kappa shape index (κ1) is 14.1. The van der Waals surface area contributed by atoms with E-state index in [4.69, 9.17) is 21.1 Å². The van der Waals surface area contributed by atoms with Gasteiger partial charge in [0.2, 0.25) is 0 Å². The van der Waals surface area contributed by atoms with Gasteiger partial charge in [-0.2, -0.15) is 0 Å². The molecule has 2 aromatic carbocycles. The van der Waals surface area contributed by atoms with Crippen molar-refractivity contribution in [1.29, 1.82) is 0 Å². The fourth-order valence-corrected chi connectivity index (χ4v) is 2.58. The van der Waals surface area contributed by atoms with Gasteiger partial charge in [0, 0.05) is 18.7 Å². The molecule has 3 nitrogen and oxygen atoms in total. The van der Waals surface area contributed by atoms with Crippen molar-refractivity contribution in [2.45, 2.75) is 12.8 Å². The first-order valence-electron chi connectivity index (χ1n) is 7.20. The molecule has 0 radical (unpaired) electrons. The van der Waals surface area contributed by atoms with Crippen LogP contribution in [-0.2, 0) is 6.42 Å². The van der Waals surface area contributed by atoms with Gasteiger partial charge in [-0.05, 0) is 18.4 Å². The van der Waals surface area contributed by atoms with Crippen LogP contribution in [0.4, 0.5) is 5.69 Å². The van der Waals surface area contributed by atoms with Crippen molar-refractivity contribution in [3.63, 3.8) is 0 Å². The third-order valence-electron chi connectivity index (χ3n) is 3.43. The molecule has 1 heterocycles. The van der Waals surface area contributed by atoms with Crippen LogP contribution in [0.2, 0.25) is 5.02 Å². The van der Waals surface area contributed by atoms with E-state index in [1.807, 2.05) is 18.2 Å². The Kier molecular flexibility index (Phi) is 4.51. The standard InChI is InChI=1S/C17H18ClNO2/c18-14-11-16-17(21-10-9-20-16)12-15(14)19-8-4-7-13-5-2-1-3-6-13/h1-3,5-6,11-12,19H,4,7-10H2. The van der Waals surface area contributed by atoms with Gasteiger partial charge in [-0.1, -0.05) is 41.9 Å². The van der Waals surface area contributed by atoms with Gasteiger partial charge in [-0.25, -0.2) is 0 Å². The van der Waals surface area contributed by atoms with Gasteiger partial charge in [0.15, 0.2) is 11.5 Å². The normalized spacial score (nSPS) is 13.0. The summed E-state index contributed by atoms with van der Waals surface area (Å²) in [5, 5.41) is 4.03. The zero-order chi connectivity index (χ0) is 14.5. The molecule has 0 bridgehead atoms. The van der Waals surface area contributed by atoms with Crippen molar-refractivity contribution in [2.75, 3.05) is 25.1 Å². The van der Waals surface area contributed by atoms with Crippen LogP contribution in [0.15, 0.2) is 42.5 Å². The Hall–Kier alpha value is -1.87. The fourth-order valence-electron chi connectivity index (χ4n) is 2.36. The fraction of sp³-hybridized carbons (Fsp3) is 0.294. The molecule has 110 valence electrons. The van der Waals surface area contributed by atoms with Crippen LogP contribution in [-0.4, -0.2) is 19.8 Å². The van der Waals surface area contributed by atoms with Crippen LogP contribution >= 0.6 is 11.6 Å². The molecule has 0 aliphatic carbocycles. The number of rotatable bonds is 5. The molecular weight excluding hydrogens is 286 g/mol. The van der Waals surface area contributed by atoms with E-state index in [1.165, 1.54) is 5.56 Å². The lowest BCUT2D eigenvalue weighted by molar-refractivity contribution is 0.171. The molecule has 1 aliphatic heterocycles. The maximum Gasteiger partial charge on any atom is 0.163 e. The monoisotopic (exact) mass is 303 g/mol. The molecule has 0 unspecified atom stereocenters. The lowest BCUT2D eigenvalue weighted by atomic mass is 10.1. The minimum atomic E-state index is 0.577. The quantitative estimate of drug-likeness (QED) is 0.842. The third-order valence-corrected chi connectivity index (χ3v) is 3.75. The Bertz CT molecular complexity index is 601. The lowest BCUT2D eigenvalue weighted by Gasteiger charge is -2.20. The Balaban J connectivity index is 1.55. The highest BCUT2D eigenvalue weighted by atomic mass is 35.5. The Labute approximate surface area is 129 Å². The SMILES string of the molecule is Clc1cc2c(cc1NCCCc1ccccc1)OCCO2. The summed E-state index contributed by atoms with van der Waals surface area (Å²) < 4.78 is 11.1. The zero-order valence-corrected chi connectivity index (χ0v) is 12.5. The van der Waals surface area contributed by atoms with Crippen LogP contribution in [0.25, 0.3) is 0 Å². The topological polar surface area (TPSA) is 30.5 Å². The van der Waals surface area contributed by atoms with Gasteiger partial charge in [0.05, 0.1) is 10.7 Å². The van der Waals surface area contributed by atoms with E-state index in [2.05, 4.69) is 29.6 Å². The van der Waals surface area contributed by atoms with Crippen LogP contribution in [0, 0.1) is 0 Å². The molecule has 4 heteroatoms. The van der Waals surface area contributed by atoms with Crippen molar-refractivity contribution in [3.8, 4) is 11.5 Å². The summed E-state index contributed by atoms with van der Waals surface area (Å²) in [5.41, 5.74) is 2.25. The Morgan fingerprint density at radius 1 is 1.00 bits per heavy atom. The summed E-state index contributed by atoms with van der Waals surface area (Å²) in [5.74, 6) is 1.48. The first-order chi connectivity index (χ1) is 10.3. The average molecular weight is 304 g/mol. The number of aryl methyl sites for hydroxylation is 1. The minimum Gasteiger partial charge on any atom is -0.486 e. The Morgan fingerprint density at radius 3 is 2.48 bits per heavy atom. The smallest absolute Gasteiger partial charge is 0.163 e. The lowest BCUT2D eigenvalue weighted by Crippen LogP contribution is -2.15. The van der Waals surface area contributed by atoms with E-state index in [1.54, 1.807) is 0 Å². The van der Waals surface area contributed by atoms with Crippen molar-refractivity contribution in [3.05, 3.63) is 53.1 Å². The van der Waals surface area contributed by atoms with Gasteiger partial charge in [0.1, 0.15) is 13.2 Å². The van der Waals surface area contributed by atoms with Crippen LogP contribution in [0.5, 0.6) is 11.5 Å². The number of nitrogens with one attached hydrogen (secondary N) is 1. The minimum absolute atomic E-state index is 0.577. The molecule has 0 fully saturated rings. The van der Waals surface area contributed by atoms with E-state index in [9.17, 15) is 0 Å². The van der Waals surface area contributed by atoms with E-state index in [-0.39, 0.29) is 0 Å². The van der Waals surface area contributed by atoms with Crippen molar-refractivity contribution < 1.29 is 9.47 Å². The predicted molar refractivity (Wildman–Crippen MR) is 85.7 cm³/mol. The second kappa shape index (κ2) is 6.72. The molecule has 0 atom stereocenters. The van der Waals surface area contributed by atoms with Crippen molar-refractivity contribution >= 4 is 17.3 Å². The number of anilines is 1. The zero-order valence-electron chi connectivity index (χ0n) is 11.8. The molecule has 0 amide bonds. The molecule has 1 N–H and O–H groups in total. The molecule has 1 aliphatic rings. The summed E-state index contributed by atoms with van der Waals surface area (Å²) in [4.78, 5) is 0. The second-order valence-electron chi connectivity index (χ2n) is 4.99. The largest absolute Gasteiger partial charge is 0.486 e. The molecule has 2 aromatic rings. The number of halogens is 1. The van der Waals surface area contributed by atoms with E-state index < -0.39 is 0 Å². The molecule has 0 spiro atoms. The molecule has 21 heavy (non-hydrogen) atoms. The number of benzene rings is 2. The maximum atomic E-state index is 6.26.